The molecule has 0 spiro atoms. The van der Waals surface area contributed by atoms with Crippen molar-refractivity contribution < 1.29 is 14.0 Å². The first-order valence-electron chi connectivity index (χ1n) is 8.94. The highest BCUT2D eigenvalue weighted by molar-refractivity contribution is 5.95. The van der Waals surface area contributed by atoms with Crippen LogP contribution in [0, 0.1) is 5.82 Å². The molecule has 1 atom stereocenters. The van der Waals surface area contributed by atoms with Gasteiger partial charge in [-0.3, -0.25) is 9.69 Å². The van der Waals surface area contributed by atoms with E-state index in [0.29, 0.717) is 31.9 Å². The zero-order valence-electron chi connectivity index (χ0n) is 15.0. The second kappa shape index (κ2) is 8.64. The Morgan fingerprint density at radius 3 is 2.33 bits per heavy atom. The van der Waals surface area contributed by atoms with E-state index < -0.39 is 12.1 Å². The van der Waals surface area contributed by atoms with Crippen LogP contribution in [0.3, 0.4) is 0 Å². The van der Waals surface area contributed by atoms with Crippen molar-refractivity contribution in [3.05, 3.63) is 66.0 Å². The molecule has 0 bridgehead atoms. The number of primary amides is 1. The van der Waals surface area contributed by atoms with Crippen molar-refractivity contribution >= 4 is 17.6 Å². The molecule has 1 saturated heterocycles. The standard InChI is InChI=1S/C20H23FN4O2/c21-16-7-9-17(10-8-16)23-19(26)18(15-5-2-1-3-6-15)24-11-4-12-25(14-13-24)20(22)27/h1-3,5-10,18H,4,11-14H2,(H2,22,27)(H,23,26). The fourth-order valence-corrected chi connectivity index (χ4v) is 3.32. The van der Waals surface area contributed by atoms with E-state index in [0.717, 1.165) is 12.0 Å². The van der Waals surface area contributed by atoms with Gasteiger partial charge in [-0.15, -0.1) is 0 Å². The Labute approximate surface area is 157 Å². The van der Waals surface area contributed by atoms with Crippen LogP contribution in [0.25, 0.3) is 0 Å². The molecule has 2 aromatic rings. The monoisotopic (exact) mass is 370 g/mol. The van der Waals surface area contributed by atoms with Gasteiger partial charge in [-0.05, 0) is 36.2 Å². The number of urea groups is 1. The van der Waals surface area contributed by atoms with Crippen molar-refractivity contribution in [1.82, 2.24) is 9.80 Å². The lowest BCUT2D eigenvalue weighted by Crippen LogP contribution is -2.41. The Morgan fingerprint density at radius 2 is 1.67 bits per heavy atom. The number of nitrogens with zero attached hydrogens (tertiary/aromatic N) is 2. The maximum Gasteiger partial charge on any atom is 0.314 e. The fourth-order valence-electron chi connectivity index (χ4n) is 3.32. The number of carbonyl (C=O) groups is 2. The van der Waals surface area contributed by atoms with Gasteiger partial charge in [0.25, 0.3) is 0 Å². The lowest BCUT2D eigenvalue weighted by Gasteiger charge is -2.30. The lowest BCUT2D eigenvalue weighted by molar-refractivity contribution is -0.121. The molecule has 1 fully saturated rings. The minimum absolute atomic E-state index is 0.194. The second-order valence-corrected chi connectivity index (χ2v) is 6.52. The van der Waals surface area contributed by atoms with E-state index in [1.165, 1.54) is 24.3 Å². The Hall–Kier alpha value is -2.93. The Balaban J connectivity index is 1.81. The average molecular weight is 370 g/mol. The molecule has 142 valence electrons. The average Bonchev–Trinajstić information content (AvgIpc) is 2.91. The van der Waals surface area contributed by atoms with Crippen LogP contribution in [-0.2, 0) is 4.79 Å². The second-order valence-electron chi connectivity index (χ2n) is 6.52. The molecule has 27 heavy (non-hydrogen) atoms. The predicted molar refractivity (Wildman–Crippen MR) is 102 cm³/mol. The van der Waals surface area contributed by atoms with Gasteiger partial charge in [0, 0.05) is 31.9 Å². The zero-order valence-corrected chi connectivity index (χ0v) is 15.0. The lowest BCUT2D eigenvalue weighted by atomic mass is 10.0. The first kappa shape index (κ1) is 18.8. The number of hydrogen-bond donors (Lipinski definition) is 2. The fraction of sp³-hybridized carbons (Fsp3) is 0.300. The Morgan fingerprint density at radius 1 is 0.963 bits per heavy atom. The van der Waals surface area contributed by atoms with Gasteiger partial charge in [0.2, 0.25) is 5.91 Å². The van der Waals surface area contributed by atoms with Crippen molar-refractivity contribution in [2.75, 3.05) is 31.5 Å². The summed E-state index contributed by atoms with van der Waals surface area (Å²) in [5, 5.41) is 2.87. The summed E-state index contributed by atoms with van der Waals surface area (Å²) in [5.41, 5.74) is 6.81. The summed E-state index contributed by atoms with van der Waals surface area (Å²) < 4.78 is 13.1. The largest absolute Gasteiger partial charge is 0.351 e. The van der Waals surface area contributed by atoms with Gasteiger partial charge in [0.15, 0.2) is 0 Å². The molecular formula is C20H23FN4O2. The predicted octanol–water partition coefficient (Wildman–Crippen LogP) is 2.59. The van der Waals surface area contributed by atoms with Gasteiger partial charge in [0.1, 0.15) is 11.9 Å². The number of halogens is 1. The van der Waals surface area contributed by atoms with Crippen molar-refractivity contribution in [3.8, 4) is 0 Å². The van der Waals surface area contributed by atoms with E-state index >= 15 is 0 Å². The van der Waals surface area contributed by atoms with E-state index in [4.69, 9.17) is 5.73 Å². The third-order valence-corrected chi connectivity index (χ3v) is 4.68. The summed E-state index contributed by atoms with van der Waals surface area (Å²) in [6.07, 6.45) is 0.732. The Kier molecular flexibility index (Phi) is 6.03. The van der Waals surface area contributed by atoms with Crippen LogP contribution in [0.5, 0.6) is 0 Å². The highest BCUT2D eigenvalue weighted by Crippen LogP contribution is 2.24. The summed E-state index contributed by atoms with van der Waals surface area (Å²) in [6.45, 7) is 2.26. The molecular weight excluding hydrogens is 347 g/mol. The number of rotatable bonds is 4. The van der Waals surface area contributed by atoms with Gasteiger partial charge >= 0.3 is 6.03 Å². The van der Waals surface area contributed by atoms with E-state index in [1.807, 2.05) is 30.3 Å². The molecule has 3 rings (SSSR count). The number of benzene rings is 2. The number of nitrogens with one attached hydrogen (secondary N) is 1. The van der Waals surface area contributed by atoms with Gasteiger partial charge < -0.3 is 16.0 Å². The van der Waals surface area contributed by atoms with Crippen LogP contribution in [0.1, 0.15) is 18.0 Å². The van der Waals surface area contributed by atoms with Crippen molar-refractivity contribution in [2.24, 2.45) is 5.73 Å². The van der Waals surface area contributed by atoms with Crippen LogP contribution in [0.2, 0.25) is 0 Å². The quantitative estimate of drug-likeness (QED) is 0.868. The summed E-state index contributed by atoms with van der Waals surface area (Å²) in [4.78, 5) is 28.2. The normalized spacial score (nSPS) is 16.4. The molecule has 0 aromatic heterocycles. The van der Waals surface area contributed by atoms with Gasteiger partial charge in [-0.25, -0.2) is 9.18 Å². The van der Waals surface area contributed by atoms with E-state index in [2.05, 4.69) is 10.2 Å². The summed E-state index contributed by atoms with van der Waals surface area (Å²) in [7, 11) is 0. The summed E-state index contributed by atoms with van der Waals surface area (Å²) in [6, 6.07) is 14.2. The van der Waals surface area contributed by atoms with E-state index in [9.17, 15) is 14.0 Å². The molecule has 0 radical (unpaired) electrons. The molecule has 7 heteroatoms. The first-order valence-corrected chi connectivity index (χ1v) is 8.94. The first-order chi connectivity index (χ1) is 13.0. The highest BCUT2D eigenvalue weighted by Gasteiger charge is 2.29. The number of anilines is 1. The maximum atomic E-state index is 13.1. The molecule has 1 unspecified atom stereocenters. The molecule has 0 saturated carbocycles. The molecule has 2 aromatic carbocycles. The molecule has 6 nitrogen and oxygen atoms in total. The van der Waals surface area contributed by atoms with Crippen molar-refractivity contribution in [3.63, 3.8) is 0 Å². The van der Waals surface area contributed by atoms with Crippen LogP contribution < -0.4 is 11.1 Å². The SMILES string of the molecule is NC(=O)N1CCCN(C(C(=O)Nc2ccc(F)cc2)c2ccccc2)CC1. The van der Waals surface area contributed by atoms with Gasteiger partial charge in [0.05, 0.1) is 0 Å². The van der Waals surface area contributed by atoms with Crippen LogP contribution >= 0.6 is 0 Å². The number of nitrogens with two attached hydrogens (primary N) is 1. The molecule has 1 aliphatic rings. The summed E-state index contributed by atoms with van der Waals surface area (Å²) >= 11 is 0. The van der Waals surface area contributed by atoms with Crippen molar-refractivity contribution in [1.29, 1.82) is 0 Å². The maximum absolute atomic E-state index is 13.1. The minimum atomic E-state index is -0.510. The van der Waals surface area contributed by atoms with Crippen LogP contribution in [-0.4, -0.2) is 47.9 Å². The van der Waals surface area contributed by atoms with E-state index in [1.54, 1.807) is 4.90 Å². The van der Waals surface area contributed by atoms with Crippen LogP contribution in [0.15, 0.2) is 54.6 Å². The molecule has 1 heterocycles. The number of amides is 3. The number of hydrogen-bond acceptors (Lipinski definition) is 3. The van der Waals surface area contributed by atoms with E-state index in [-0.39, 0.29) is 11.7 Å². The third-order valence-electron chi connectivity index (χ3n) is 4.68. The molecule has 0 aliphatic carbocycles. The summed E-state index contributed by atoms with van der Waals surface area (Å²) in [5.74, 6) is -0.549. The zero-order chi connectivity index (χ0) is 19.2. The molecule has 1 aliphatic heterocycles. The van der Waals surface area contributed by atoms with Crippen LogP contribution in [0.4, 0.5) is 14.9 Å². The molecule has 3 N–H and O–H groups in total. The topological polar surface area (TPSA) is 78.7 Å². The highest BCUT2D eigenvalue weighted by atomic mass is 19.1. The van der Waals surface area contributed by atoms with Gasteiger partial charge in [-0.2, -0.15) is 0 Å². The Bertz CT molecular complexity index is 782. The molecule has 3 amide bonds. The minimum Gasteiger partial charge on any atom is -0.351 e. The smallest absolute Gasteiger partial charge is 0.314 e. The van der Waals surface area contributed by atoms with Crippen molar-refractivity contribution in [2.45, 2.75) is 12.5 Å². The van der Waals surface area contributed by atoms with Gasteiger partial charge in [-0.1, -0.05) is 30.3 Å². The third kappa shape index (κ3) is 4.83. The number of carbonyl (C=O) groups excluding carboxylic acids is 2.